The Bertz CT molecular complexity index is 968. The van der Waals surface area contributed by atoms with Crippen LogP contribution in [-0.2, 0) is 6.54 Å². The van der Waals surface area contributed by atoms with E-state index in [4.69, 9.17) is 9.97 Å². The molecule has 0 aliphatic heterocycles. The van der Waals surface area contributed by atoms with Crippen molar-refractivity contribution in [1.29, 1.82) is 0 Å². The maximum atomic E-state index is 4.82. The van der Waals surface area contributed by atoms with Gasteiger partial charge in [-0.1, -0.05) is 44.0 Å². The van der Waals surface area contributed by atoms with Crippen LogP contribution in [0.5, 0.6) is 0 Å². The quantitative estimate of drug-likeness (QED) is 0.606. The van der Waals surface area contributed by atoms with Gasteiger partial charge in [-0.2, -0.15) is 0 Å². The lowest BCUT2D eigenvalue weighted by Gasteiger charge is -2.40. The van der Waals surface area contributed by atoms with Gasteiger partial charge in [0.25, 0.3) is 0 Å². The normalized spacial score (nSPS) is 19.6. The Hall–Kier alpha value is -2.46. The first-order chi connectivity index (χ1) is 14.1. The Kier molecular flexibility index (Phi) is 6.10. The molecule has 152 valence electrons. The van der Waals surface area contributed by atoms with Gasteiger partial charge in [0.05, 0.1) is 16.9 Å². The van der Waals surface area contributed by atoms with Crippen molar-refractivity contribution in [2.24, 2.45) is 0 Å². The second-order valence-corrected chi connectivity index (χ2v) is 8.27. The van der Waals surface area contributed by atoms with Crippen LogP contribution in [0.2, 0.25) is 0 Å². The van der Waals surface area contributed by atoms with Crippen molar-refractivity contribution in [3.63, 3.8) is 0 Å². The van der Waals surface area contributed by atoms with Crippen LogP contribution in [0.15, 0.2) is 48.5 Å². The van der Waals surface area contributed by atoms with E-state index in [1.54, 1.807) is 0 Å². The number of rotatable bonds is 6. The fourth-order valence-corrected chi connectivity index (χ4v) is 4.64. The van der Waals surface area contributed by atoms with Crippen LogP contribution in [0.1, 0.15) is 49.7 Å². The number of fused-ring (bicyclic) bond motifs is 1. The molecule has 2 atom stereocenters. The zero-order valence-electron chi connectivity index (χ0n) is 17.9. The van der Waals surface area contributed by atoms with Gasteiger partial charge in [-0.05, 0) is 57.5 Å². The van der Waals surface area contributed by atoms with Crippen LogP contribution < -0.4 is 5.32 Å². The van der Waals surface area contributed by atoms with Crippen LogP contribution in [0.4, 0.5) is 5.69 Å². The summed E-state index contributed by atoms with van der Waals surface area (Å²) in [4.78, 5) is 12.2. The van der Waals surface area contributed by atoms with Gasteiger partial charge in [-0.3, -0.25) is 14.9 Å². The van der Waals surface area contributed by atoms with Crippen molar-refractivity contribution in [3.05, 3.63) is 65.6 Å². The average Bonchev–Trinajstić information content (AvgIpc) is 2.73. The smallest absolute Gasteiger partial charge is 0.0936 e. The van der Waals surface area contributed by atoms with Crippen molar-refractivity contribution >= 4 is 16.6 Å². The highest BCUT2D eigenvalue weighted by atomic mass is 15.2. The Morgan fingerprint density at radius 3 is 2.55 bits per heavy atom. The SMILES string of the molecule is CCN(Cc1cccc(C)n1)[C@H]1CCCC[C@@H]1Nc1cccc2ccc(C)nc12. The second kappa shape index (κ2) is 8.91. The van der Waals surface area contributed by atoms with Gasteiger partial charge in [0.15, 0.2) is 0 Å². The van der Waals surface area contributed by atoms with Crippen LogP contribution in [0, 0.1) is 13.8 Å². The van der Waals surface area contributed by atoms with Crippen molar-refractivity contribution in [1.82, 2.24) is 14.9 Å². The first-order valence-electron chi connectivity index (χ1n) is 10.9. The van der Waals surface area contributed by atoms with E-state index in [0.717, 1.165) is 35.7 Å². The predicted octanol–water partition coefficient (Wildman–Crippen LogP) is 5.49. The Labute approximate surface area is 174 Å². The molecule has 4 rings (SSSR count). The third-order valence-electron chi connectivity index (χ3n) is 6.12. The van der Waals surface area contributed by atoms with E-state index in [1.165, 1.54) is 36.8 Å². The zero-order chi connectivity index (χ0) is 20.2. The third kappa shape index (κ3) is 4.59. The molecular formula is C25H32N4. The van der Waals surface area contributed by atoms with Gasteiger partial charge in [-0.15, -0.1) is 0 Å². The highest BCUT2D eigenvalue weighted by Gasteiger charge is 2.30. The molecule has 29 heavy (non-hydrogen) atoms. The fourth-order valence-electron chi connectivity index (χ4n) is 4.64. The predicted molar refractivity (Wildman–Crippen MR) is 121 cm³/mol. The minimum absolute atomic E-state index is 0.432. The first-order valence-corrected chi connectivity index (χ1v) is 10.9. The number of hydrogen-bond acceptors (Lipinski definition) is 4. The fraction of sp³-hybridized carbons (Fsp3) is 0.440. The summed E-state index contributed by atoms with van der Waals surface area (Å²) in [6, 6.07) is 18.0. The second-order valence-electron chi connectivity index (χ2n) is 8.27. The standard InChI is InChI=1S/C25H32N4/c1-4-29(17-21-11-7-9-18(2)26-21)24-14-6-5-12-22(24)28-23-13-8-10-20-16-15-19(3)27-25(20)23/h7-11,13,15-16,22,24,28H,4-6,12,14,17H2,1-3H3/t22-,24-/m0/s1. The molecule has 4 nitrogen and oxygen atoms in total. The average molecular weight is 389 g/mol. The van der Waals surface area contributed by atoms with Gasteiger partial charge in [0.2, 0.25) is 0 Å². The summed E-state index contributed by atoms with van der Waals surface area (Å²) in [5, 5.41) is 5.09. The van der Waals surface area contributed by atoms with Crippen LogP contribution in [0.25, 0.3) is 10.9 Å². The maximum absolute atomic E-state index is 4.82. The number of anilines is 1. The molecule has 0 amide bonds. The van der Waals surface area contributed by atoms with E-state index in [9.17, 15) is 0 Å². The highest BCUT2D eigenvalue weighted by molar-refractivity contribution is 5.90. The lowest BCUT2D eigenvalue weighted by molar-refractivity contribution is 0.142. The number of likely N-dealkylation sites (N-methyl/N-ethyl adjacent to an activating group) is 1. The number of aromatic nitrogens is 2. The lowest BCUT2D eigenvalue weighted by Crippen LogP contribution is -2.48. The maximum Gasteiger partial charge on any atom is 0.0936 e. The molecule has 1 aliphatic rings. The number of nitrogens with zero attached hydrogens (tertiary/aromatic N) is 3. The van der Waals surface area contributed by atoms with E-state index in [2.05, 4.69) is 79.5 Å². The highest BCUT2D eigenvalue weighted by Crippen LogP contribution is 2.30. The number of hydrogen-bond donors (Lipinski definition) is 1. The molecule has 0 unspecified atom stereocenters. The molecule has 1 N–H and O–H groups in total. The minimum Gasteiger partial charge on any atom is -0.379 e. The summed E-state index contributed by atoms with van der Waals surface area (Å²) in [6.07, 6.45) is 5.01. The van der Waals surface area contributed by atoms with E-state index < -0.39 is 0 Å². The molecule has 0 bridgehead atoms. The van der Waals surface area contributed by atoms with Crippen molar-refractivity contribution in [2.75, 3.05) is 11.9 Å². The first kappa shape index (κ1) is 19.8. The molecule has 0 radical (unpaired) electrons. The number of benzene rings is 1. The third-order valence-corrected chi connectivity index (χ3v) is 6.12. The minimum atomic E-state index is 0.432. The number of aryl methyl sites for hydroxylation is 2. The van der Waals surface area contributed by atoms with E-state index in [-0.39, 0.29) is 0 Å². The molecular weight excluding hydrogens is 356 g/mol. The van der Waals surface area contributed by atoms with Crippen LogP contribution in [0.3, 0.4) is 0 Å². The lowest BCUT2D eigenvalue weighted by atomic mass is 9.88. The summed E-state index contributed by atoms with van der Waals surface area (Å²) in [7, 11) is 0. The molecule has 2 heterocycles. The number of nitrogens with one attached hydrogen (secondary N) is 1. The van der Waals surface area contributed by atoms with Gasteiger partial charge >= 0.3 is 0 Å². The monoisotopic (exact) mass is 388 g/mol. The van der Waals surface area contributed by atoms with E-state index in [1.807, 2.05) is 0 Å². The van der Waals surface area contributed by atoms with E-state index >= 15 is 0 Å². The zero-order valence-corrected chi connectivity index (χ0v) is 17.9. The molecule has 1 aliphatic carbocycles. The van der Waals surface area contributed by atoms with Gasteiger partial charge in [0, 0.05) is 35.4 Å². The summed E-state index contributed by atoms with van der Waals surface area (Å²) >= 11 is 0. The summed E-state index contributed by atoms with van der Waals surface area (Å²) in [6.45, 7) is 8.34. The van der Waals surface area contributed by atoms with Crippen LogP contribution in [-0.4, -0.2) is 33.5 Å². The van der Waals surface area contributed by atoms with Gasteiger partial charge in [-0.25, -0.2) is 0 Å². The molecule has 1 saturated carbocycles. The number of para-hydroxylation sites is 1. The molecule has 3 aromatic rings. The van der Waals surface area contributed by atoms with Gasteiger partial charge < -0.3 is 5.32 Å². The Balaban J connectivity index is 1.58. The largest absolute Gasteiger partial charge is 0.379 e. The van der Waals surface area contributed by atoms with Crippen molar-refractivity contribution in [2.45, 2.75) is 65.1 Å². The molecule has 0 saturated heterocycles. The topological polar surface area (TPSA) is 41.1 Å². The van der Waals surface area contributed by atoms with Crippen molar-refractivity contribution in [3.8, 4) is 0 Å². The van der Waals surface area contributed by atoms with E-state index in [0.29, 0.717) is 12.1 Å². The number of pyridine rings is 2. The molecule has 2 aromatic heterocycles. The molecule has 0 spiro atoms. The molecule has 1 fully saturated rings. The summed E-state index contributed by atoms with van der Waals surface area (Å²) < 4.78 is 0. The Morgan fingerprint density at radius 1 is 0.931 bits per heavy atom. The van der Waals surface area contributed by atoms with Crippen molar-refractivity contribution < 1.29 is 0 Å². The molecule has 1 aromatic carbocycles. The summed E-state index contributed by atoms with van der Waals surface area (Å²) in [5.41, 5.74) is 5.56. The van der Waals surface area contributed by atoms with Gasteiger partial charge in [0.1, 0.15) is 0 Å². The van der Waals surface area contributed by atoms with Crippen LogP contribution >= 0.6 is 0 Å². The summed E-state index contributed by atoms with van der Waals surface area (Å²) in [5.74, 6) is 0. The Morgan fingerprint density at radius 2 is 1.72 bits per heavy atom. The molecule has 4 heteroatoms.